The van der Waals surface area contributed by atoms with Crippen LogP contribution in [0.1, 0.15) is 58.3 Å². The number of carbonyl (C=O) groups is 1. The number of nitrogens with zero attached hydrogens (tertiary/aromatic N) is 2. The van der Waals surface area contributed by atoms with Crippen molar-refractivity contribution < 1.29 is 9.90 Å². The Hall–Kier alpha value is -0.610. The van der Waals surface area contributed by atoms with Crippen LogP contribution in [-0.4, -0.2) is 59.6 Å². The molecule has 2 saturated heterocycles. The van der Waals surface area contributed by atoms with E-state index >= 15 is 0 Å². The maximum absolute atomic E-state index is 11.9. The number of aliphatic carboxylic acids is 1. The Morgan fingerprint density at radius 1 is 1.04 bits per heavy atom. The van der Waals surface area contributed by atoms with Gasteiger partial charge < -0.3 is 10.0 Å². The third-order valence-electron chi connectivity index (χ3n) is 6.45. The highest BCUT2D eigenvalue weighted by Gasteiger charge is 2.38. The first-order chi connectivity index (χ1) is 11.1. The summed E-state index contributed by atoms with van der Waals surface area (Å²) in [5, 5.41) is 9.77. The summed E-state index contributed by atoms with van der Waals surface area (Å²) < 4.78 is 0. The second-order valence-corrected chi connectivity index (χ2v) is 8.31. The Morgan fingerprint density at radius 2 is 1.74 bits per heavy atom. The highest BCUT2D eigenvalue weighted by Crippen LogP contribution is 2.32. The van der Waals surface area contributed by atoms with E-state index in [-0.39, 0.29) is 6.04 Å². The number of rotatable bonds is 5. The Morgan fingerprint density at radius 3 is 2.39 bits per heavy atom. The van der Waals surface area contributed by atoms with Gasteiger partial charge in [0.1, 0.15) is 6.04 Å². The number of carboxylic acid groups (broad SMARTS) is 1. The van der Waals surface area contributed by atoms with E-state index in [0.717, 1.165) is 31.8 Å². The van der Waals surface area contributed by atoms with Gasteiger partial charge in [0, 0.05) is 13.1 Å². The SMILES string of the molecule is CC1CCN(CC2CCN([C@@H](C(=O)O)C3CCCCC3)C2)CC1. The van der Waals surface area contributed by atoms with Gasteiger partial charge in [-0.3, -0.25) is 9.69 Å². The summed E-state index contributed by atoms with van der Waals surface area (Å²) in [6, 6.07) is -0.221. The van der Waals surface area contributed by atoms with Crippen LogP contribution in [0.15, 0.2) is 0 Å². The molecule has 3 fully saturated rings. The topological polar surface area (TPSA) is 43.8 Å². The van der Waals surface area contributed by atoms with Gasteiger partial charge in [0.05, 0.1) is 0 Å². The molecule has 1 N–H and O–H groups in total. The predicted molar refractivity (Wildman–Crippen MR) is 92.5 cm³/mol. The molecule has 0 radical (unpaired) electrons. The van der Waals surface area contributed by atoms with Crippen LogP contribution >= 0.6 is 0 Å². The van der Waals surface area contributed by atoms with Crippen molar-refractivity contribution in [2.24, 2.45) is 17.8 Å². The van der Waals surface area contributed by atoms with E-state index in [1.54, 1.807) is 0 Å². The molecule has 0 bridgehead atoms. The molecule has 132 valence electrons. The summed E-state index contributed by atoms with van der Waals surface area (Å²) in [6.07, 6.45) is 9.80. The largest absolute Gasteiger partial charge is 0.480 e. The number of hydrogen-bond donors (Lipinski definition) is 1. The monoisotopic (exact) mass is 322 g/mol. The smallest absolute Gasteiger partial charge is 0.321 e. The standard InChI is InChI=1S/C19H34N2O2/c1-15-7-10-20(11-8-15)13-16-9-12-21(14-16)18(19(22)23)17-5-3-2-4-6-17/h15-18H,2-14H2,1H3,(H,22,23)/t16?,18-/m1/s1. The van der Waals surface area contributed by atoms with E-state index in [0.29, 0.717) is 11.8 Å². The van der Waals surface area contributed by atoms with Crippen molar-refractivity contribution in [2.75, 3.05) is 32.7 Å². The molecule has 3 aliphatic rings. The minimum absolute atomic E-state index is 0.221. The van der Waals surface area contributed by atoms with Gasteiger partial charge in [0.15, 0.2) is 0 Å². The van der Waals surface area contributed by atoms with Crippen LogP contribution in [0.5, 0.6) is 0 Å². The van der Waals surface area contributed by atoms with Gasteiger partial charge in [0.25, 0.3) is 0 Å². The molecule has 0 spiro atoms. The summed E-state index contributed by atoms with van der Waals surface area (Å²) in [6.45, 7) is 8.00. The van der Waals surface area contributed by atoms with E-state index in [4.69, 9.17) is 0 Å². The summed E-state index contributed by atoms with van der Waals surface area (Å²) in [5.41, 5.74) is 0. The summed E-state index contributed by atoms with van der Waals surface area (Å²) in [4.78, 5) is 16.8. The van der Waals surface area contributed by atoms with Crippen molar-refractivity contribution in [2.45, 2.75) is 64.3 Å². The molecule has 0 aromatic carbocycles. The second kappa shape index (κ2) is 7.98. The van der Waals surface area contributed by atoms with Gasteiger partial charge >= 0.3 is 5.97 Å². The molecule has 23 heavy (non-hydrogen) atoms. The average Bonchev–Trinajstić information content (AvgIpc) is 2.98. The summed E-state index contributed by atoms with van der Waals surface area (Å²) in [5.74, 6) is 1.36. The van der Waals surface area contributed by atoms with Crippen molar-refractivity contribution in [3.63, 3.8) is 0 Å². The molecule has 4 nitrogen and oxygen atoms in total. The van der Waals surface area contributed by atoms with Gasteiger partial charge in [-0.05, 0) is 69.5 Å². The fraction of sp³-hybridized carbons (Fsp3) is 0.947. The first-order valence-corrected chi connectivity index (χ1v) is 9.82. The molecule has 0 aromatic rings. The van der Waals surface area contributed by atoms with Crippen molar-refractivity contribution in [1.82, 2.24) is 9.80 Å². The van der Waals surface area contributed by atoms with Gasteiger partial charge in [-0.15, -0.1) is 0 Å². The fourth-order valence-corrected chi connectivity index (χ4v) is 4.98. The summed E-state index contributed by atoms with van der Waals surface area (Å²) >= 11 is 0. The lowest BCUT2D eigenvalue weighted by atomic mass is 9.83. The van der Waals surface area contributed by atoms with E-state index < -0.39 is 5.97 Å². The highest BCUT2D eigenvalue weighted by molar-refractivity contribution is 5.74. The van der Waals surface area contributed by atoms with Crippen LogP contribution in [0.2, 0.25) is 0 Å². The Labute approximate surface area is 141 Å². The van der Waals surface area contributed by atoms with Gasteiger partial charge in [0.2, 0.25) is 0 Å². The van der Waals surface area contributed by atoms with E-state index in [9.17, 15) is 9.90 Å². The third-order valence-corrected chi connectivity index (χ3v) is 6.45. The number of piperidine rings is 1. The van der Waals surface area contributed by atoms with Crippen molar-refractivity contribution in [1.29, 1.82) is 0 Å². The second-order valence-electron chi connectivity index (χ2n) is 8.31. The van der Waals surface area contributed by atoms with Gasteiger partial charge in [-0.1, -0.05) is 26.2 Å². The van der Waals surface area contributed by atoms with Crippen LogP contribution < -0.4 is 0 Å². The van der Waals surface area contributed by atoms with Crippen LogP contribution in [0.25, 0.3) is 0 Å². The molecule has 1 saturated carbocycles. The molecule has 3 rings (SSSR count). The average molecular weight is 322 g/mol. The minimum atomic E-state index is -0.579. The third kappa shape index (κ3) is 4.48. The zero-order valence-corrected chi connectivity index (χ0v) is 14.8. The first kappa shape index (κ1) is 17.2. The predicted octanol–water partition coefficient (Wildman–Crippen LogP) is 3.07. The maximum Gasteiger partial charge on any atom is 0.321 e. The molecular formula is C19H34N2O2. The van der Waals surface area contributed by atoms with Crippen LogP contribution in [0, 0.1) is 17.8 Å². The number of likely N-dealkylation sites (tertiary alicyclic amines) is 2. The molecule has 4 heteroatoms. The molecular weight excluding hydrogens is 288 g/mol. The van der Waals surface area contributed by atoms with Crippen LogP contribution in [-0.2, 0) is 4.79 Å². The molecule has 1 unspecified atom stereocenters. The lowest BCUT2D eigenvalue weighted by Gasteiger charge is -2.34. The Balaban J connectivity index is 1.51. The Kier molecular flexibility index (Phi) is 5.97. The number of carboxylic acids is 1. The van der Waals surface area contributed by atoms with Crippen LogP contribution in [0.3, 0.4) is 0 Å². The lowest BCUT2D eigenvalue weighted by molar-refractivity contribution is -0.145. The lowest BCUT2D eigenvalue weighted by Crippen LogP contribution is -2.46. The summed E-state index contributed by atoms with van der Waals surface area (Å²) in [7, 11) is 0. The molecule has 1 aliphatic carbocycles. The van der Waals surface area contributed by atoms with Crippen molar-refractivity contribution in [3.05, 3.63) is 0 Å². The number of hydrogen-bond acceptors (Lipinski definition) is 3. The zero-order chi connectivity index (χ0) is 16.2. The Bertz CT molecular complexity index is 387. The zero-order valence-electron chi connectivity index (χ0n) is 14.8. The first-order valence-electron chi connectivity index (χ1n) is 9.82. The normalized spacial score (nSPS) is 30.6. The fourth-order valence-electron chi connectivity index (χ4n) is 4.98. The molecule has 0 amide bonds. The maximum atomic E-state index is 11.9. The highest BCUT2D eigenvalue weighted by atomic mass is 16.4. The van der Waals surface area contributed by atoms with E-state index in [1.807, 2.05) is 0 Å². The molecule has 2 aliphatic heterocycles. The van der Waals surface area contributed by atoms with Crippen molar-refractivity contribution >= 4 is 5.97 Å². The van der Waals surface area contributed by atoms with E-state index in [2.05, 4.69) is 16.7 Å². The quantitative estimate of drug-likeness (QED) is 0.845. The molecule has 2 atom stereocenters. The molecule has 2 heterocycles. The van der Waals surface area contributed by atoms with Gasteiger partial charge in [-0.25, -0.2) is 0 Å². The minimum Gasteiger partial charge on any atom is -0.480 e. The molecule has 0 aromatic heterocycles. The van der Waals surface area contributed by atoms with Crippen LogP contribution in [0.4, 0.5) is 0 Å². The van der Waals surface area contributed by atoms with Gasteiger partial charge in [-0.2, -0.15) is 0 Å². The van der Waals surface area contributed by atoms with E-state index in [1.165, 1.54) is 58.2 Å². The van der Waals surface area contributed by atoms with Crippen molar-refractivity contribution in [3.8, 4) is 0 Å².